The van der Waals surface area contributed by atoms with Gasteiger partial charge in [0.2, 0.25) is 15.8 Å². The number of carbonyl (C=O) groups excluding carboxylic acids is 1. The van der Waals surface area contributed by atoms with Crippen molar-refractivity contribution in [1.29, 1.82) is 0 Å². The maximum absolute atomic E-state index is 13.2. The lowest BCUT2D eigenvalue weighted by Crippen LogP contribution is -2.47. The van der Waals surface area contributed by atoms with Gasteiger partial charge in [-0.05, 0) is 76.2 Å². The minimum atomic E-state index is -3.59. The fourth-order valence-corrected chi connectivity index (χ4v) is 6.03. The number of nitrogens with zero attached hydrogens (tertiary/aromatic N) is 1. The molecule has 166 valence electrons. The van der Waals surface area contributed by atoms with E-state index in [1.54, 1.807) is 36.4 Å². The van der Waals surface area contributed by atoms with Gasteiger partial charge in [0.05, 0.1) is 11.5 Å². The Morgan fingerprint density at radius 2 is 1.87 bits per heavy atom. The van der Waals surface area contributed by atoms with E-state index in [9.17, 15) is 13.2 Å². The number of rotatable bonds is 4. The fraction of sp³-hybridized carbons (Fsp3) is 0.571. The van der Waals surface area contributed by atoms with Crippen LogP contribution in [-0.4, -0.2) is 51.5 Å². The Hall–Kier alpha value is -1.61. The van der Waals surface area contributed by atoms with Crippen molar-refractivity contribution in [3.63, 3.8) is 0 Å². The van der Waals surface area contributed by atoms with Crippen LogP contribution in [0.2, 0.25) is 0 Å². The van der Waals surface area contributed by atoms with Crippen molar-refractivity contribution in [3.8, 4) is 0 Å². The van der Waals surface area contributed by atoms with Crippen molar-refractivity contribution in [1.82, 2.24) is 9.62 Å². The third kappa shape index (κ3) is 4.10. The Morgan fingerprint density at radius 1 is 1.20 bits per heavy atom. The number of hydrogen-bond acceptors (Lipinski definition) is 6. The van der Waals surface area contributed by atoms with E-state index in [4.69, 9.17) is 9.15 Å². The summed E-state index contributed by atoms with van der Waals surface area (Å²) in [6.45, 7) is 6.88. The smallest absolute Gasteiger partial charge is 0.374 e. The molecular formula is C21H29ClN2O5S. The van der Waals surface area contributed by atoms with Gasteiger partial charge in [0, 0.05) is 24.0 Å². The number of aryl methyl sites for hydroxylation is 1. The Bertz CT molecular complexity index is 1020. The van der Waals surface area contributed by atoms with E-state index in [1.807, 2.05) is 0 Å². The normalized spacial score (nSPS) is 19.5. The van der Waals surface area contributed by atoms with Gasteiger partial charge in [0.15, 0.2) is 0 Å². The number of hydrogen-bond donors (Lipinski definition) is 1. The fourth-order valence-electron chi connectivity index (χ4n) is 4.56. The summed E-state index contributed by atoms with van der Waals surface area (Å²) in [6.07, 6.45) is 4.07. The van der Waals surface area contributed by atoms with E-state index in [0.717, 1.165) is 38.8 Å². The van der Waals surface area contributed by atoms with Gasteiger partial charge in [0.25, 0.3) is 0 Å². The minimum absolute atomic E-state index is 0. The second-order valence-electron chi connectivity index (χ2n) is 8.09. The lowest BCUT2D eigenvalue weighted by molar-refractivity contribution is 0.0491. The summed E-state index contributed by atoms with van der Waals surface area (Å²) in [4.78, 5) is 12.3. The SMILES string of the molecule is CCOC(=O)c1oc2ccc(S(=O)(=O)N3CCC4(CCNCC4)CC3)cc2c1C.Cl. The van der Waals surface area contributed by atoms with Gasteiger partial charge >= 0.3 is 5.97 Å². The summed E-state index contributed by atoms with van der Waals surface area (Å²) in [5, 5.41) is 4.02. The second-order valence-corrected chi connectivity index (χ2v) is 10.0. The molecule has 1 N–H and O–H groups in total. The lowest BCUT2D eigenvalue weighted by atomic mass is 9.72. The molecule has 3 heterocycles. The maximum Gasteiger partial charge on any atom is 0.374 e. The quantitative estimate of drug-likeness (QED) is 0.708. The van der Waals surface area contributed by atoms with Gasteiger partial charge in [-0.15, -0.1) is 12.4 Å². The number of nitrogens with one attached hydrogen (secondary N) is 1. The summed E-state index contributed by atoms with van der Waals surface area (Å²) in [7, 11) is -3.59. The molecule has 0 saturated carbocycles. The second kappa shape index (κ2) is 8.86. The topological polar surface area (TPSA) is 88.8 Å². The molecule has 0 aliphatic carbocycles. The van der Waals surface area contributed by atoms with Crippen LogP contribution in [0.25, 0.3) is 11.0 Å². The van der Waals surface area contributed by atoms with Crippen molar-refractivity contribution < 1.29 is 22.4 Å². The molecule has 1 aromatic heterocycles. The number of furan rings is 1. The summed E-state index contributed by atoms with van der Waals surface area (Å²) in [6, 6.07) is 4.79. The van der Waals surface area contributed by atoms with Crippen molar-refractivity contribution in [3.05, 3.63) is 29.5 Å². The van der Waals surface area contributed by atoms with Gasteiger partial charge in [-0.1, -0.05) is 0 Å². The number of esters is 1. The highest BCUT2D eigenvalue weighted by atomic mass is 35.5. The third-order valence-electron chi connectivity index (χ3n) is 6.45. The molecule has 9 heteroatoms. The van der Waals surface area contributed by atoms with Gasteiger partial charge in [-0.2, -0.15) is 4.31 Å². The highest BCUT2D eigenvalue weighted by molar-refractivity contribution is 7.89. The van der Waals surface area contributed by atoms with E-state index in [1.165, 1.54) is 0 Å². The highest BCUT2D eigenvalue weighted by Crippen LogP contribution is 2.41. The standard InChI is InChI=1S/C21H28N2O5S.ClH/c1-3-27-20(24)19-15(2)17-14-16(4-5-18(17)28-19)29(25,26)23-12-8-21(9-13-23)6-10-22-11-7-21;/h4-5,14,22H,3,6-13H2,1-2H3;1H. The third-order valence-corrected chi connectivity index (χ3v) is 8.35. The van der Waals surface area contributed by atoms with E-state index in [0.29, 0.717) is 29.6 Å². The molecule has 2 aromatic rings. The molecule has 0 radical (unpaired) electrons. The van der Waals surface area contributed by atoms with Gasteiger partial charge in [0.1, 0.15) is 5.58 Å². The van der Waals surface area contributed by atoms with Crippen LogP contribution < -0.4 is 5.32 Å². The Morgan fingerprint density at radius 3 is 2.50 bits per heavy atom. The van der Waals surface area contributed by atoms with Gasteiger partial charge in [-0.3, -0.25) is 0 Å². The molecule has 0 bridgehead atoms. The molecule has 2 aliphatic heterocycles. The number of sulfonamides is 1. The molecule has 0 atom stereocenters. The van der Waals surface area contributed by atoms with E-state index < -0.39 is 16.0 Å². The van der Waals surface area contributed by atoms with Gasteiger partial charge < -0.3 is 14.5 Å². The molecule has 30 heavy (non-hydrogen) atoms. The van der Waals surface area contributed by atoms with Crippen LogP contribution in [-0.2, 0) is 14.8 Å². The van der Waals surface area contributed by atoms with Crippen molar-refractivity contribution >= 4 is 39.4 Å². The zero-order chi connectivity index (χ0) is 20.6. The first-order valence-corrected chi connectivity index (χ1v) is 11.7. The van der Waals surface area contributed by atoms with Crippen LogP contribution in [0.3, 0.4) is 0 Å². The Kier molecular flexibility index (Phi) is 6.81. The summed E-state index contributed by atoms with van der Waals surface area (Å²) in [5.74, 6) is -0.406. The molecule has 4 rings (SSSR count). The first-order valence-electron chi connectivity index (χ1n) is 10.3. The molecule has 2 aliphatic rings. The Balaban J connectivity index is 0.00000256. The number of fused-ring (bicyclic) bond motifs is 1. The Labute approximate surface area is 183 Å². The van der Waals surface area contributed by atoms with E-state index in [2.05, 4.69) is 5.32 Å². The molecule has 1 aromatic carbocycles. The molecule has 7 nitrogen and oxygen atoms in total. The number of benzene rings is 1. The monoisotopic (exact) mass is 456 g/mol. The molecule has 2 fully saturated rings. The van der Waals surface area contributed by atoms with Crippen LogP contribution in [0.1, 0.15) is 48.7 Å². The predicted molar refractivity (Wildman–Crippen MR) is 117 cm³/mol. The zero-order valence-corrected chi connectivity index (χ0v) is 19.0. The van der Waals surface area contributed by atoms with Crippen LogP contribution in [0.5, 0.6) is 0 Å². The van der Waals surface area contributed by atoms with Crippen molar-refractivity contribution in [2.45, 2.75) is 44.4 Å². The number of halogens is 1. The lowest BCUT2D eigenvalue weighted by Gasteiger charge is -2.43. The average molecular weight is 457 g/mol. The first-order chi connectivity index (χ1) is 13.9. The van der Waals surface area contributed by atoms with Crippen molar-refractivity contribution in [2.24, 2.45) is 5.41 Å². The first kappa shape index (κ1) is 23.1. The molecule has 1 spiro atoms. The highest BCUT2D eigenvalue weighted by Gasteiger charge is 2.39. The van der Waals surface area contributed by atoms with E-state index >= 15 is 0 Å². The average Bonchev–Trinajstić information content (AvgIpc) is 3.05. The maximum atomic E-state index is 13.2. The van der Waals surface area contributed by atoms with Crippen LogP contribution >= 0.6 is 12.4 Å². The predicted octanol–water partition coefficient (Wildman–Crippen LogP) is 3.49. The number of carbonyl (C=O) groups is 1. The number of piperidine rings is 2. The summed E-state index contributed by atoms with van der Waals surface area (Å²) < 4.78 is 38.7. The summed E-state index contributed by atoms with van der Waals surface area (Å²) in [5.41, 5.74) is 1.37. The van der Waals surface area contributed by atoms with Crippen molar-refractivity contribution in [2.75, 3.05) is 32.8 Å². The van der Waals surface area contributed by atoms with Crippen LogP contribution in [0.4, 0.5) is 0 Å². The van der Waals surface area contributed by atoms with Crippen LogP contribution in [0.15, 0.2) is 27.5 Å². The molecule has 0 unspecified atom stereocenters. The molecule has 2 saturated heterocycles. The summed E-state index contributed by atoms with van der Waals surface area (Å²) >= 11 is 0. The van der Waals surface area contributed by atoms with E-state index in [-0.39, 0.29) is 35.1 Å². The largest absolute Gasteiger partial charge is 0.460 e. The molecular weight excluding hydrogens is 428 g/mol. The number of ether oxygens (including phenoxy) is 1. The zero-order valence-electron chi connectivity index (χ0n) is 17.4. The molecule has 0 amide bonds. The minimum Gasteiger partial charge on any atom is -0.460 e. The van der Waals surface area contributed by atoms with Crippen LogP contribution in [0, 0.1) is 12.3 Å². The van der Waals surface area contributed by atoms with Gasteiger partial charge in [-0.25, -0.2) is 13.2 Å².